The molecule has 2 aliphatic rings. The van der Waals surface area contributed by atoms with Crippen LogP contribution in [0.2, 0.25) is 0 Å². The molecule has 1 heteroatoms. The first-order valence-corrected chi connectivity index (χ1v) is 12.5. The van der Waals surface area contributed by atoms with E-state index in [1.807, 2.05) is 0 Å². The van der Waals surface area contributed by atoms with Gasteiger partial charge in [0.2, 0.25) is 5.69 Å². The highest BCUT2D eigenvalue weighted by Gasteiger charge is 2.45. The molecular weight excluding hydrogens is 386 g/mol. The van der Waals surface area contributed by atoms with Crippen LogP contribution in [0.25, 0.3) is 22.4 Å². The summed E-state index contributed by atoms with van der Waals surface area (Å²) in [5.41, 5.74) is 8.95. The molecule has 32 heavy (non-hydrogen) atoms. The first kappa shape index (κ1) is 21.4. The van der Waals surface area contributed by atoms with Gasteiger partial charge < -0.3 is 0 Å². The van der Waals surface area contributed by atoms with Crippen LogP contribution in [0.4, 0.5) is 0 Å². The van der Waals surface area contributed by atoms with Gasteiger partial charge in [-0.15, -0.1) is 0 Å². The van der Waals surface area contributed by atoms with Crippen molar-refractivity contribution >= 4 is 0 Å². The van der Waals surface area contributed by atoms with Crippen LogP contribution in [0, 0.1) is 18.3 Å². The summed E-state index contributed by atoms with van der Waals surface area (Å²) in [6.07, 6.45) is 12.0. The molecule has 3 atom stereocenters. The second-order valence-electron chi connectivity index (χ2n) is 11.2. The summed E-state index contributed by atoms with van der Waals surface area (Å²) in [5.74, 6) is 0.903. The number of aryl methyl sites for hydroxylation is 2. The lowest BCUT2D eigenvalue weighted by Crippen LogP contribution is -2.42. The maximum absolute atomic E-state index is 2.57. The Bertz CT molecular complexity index is 1110. The van der Waals surface area contributed by atoms with Gasteiger partial charge in [-0.1, -0.05) is 69.2 Å². The summed E-state index contributed by atoms with van der Waals surface area (Å²) < 4.78 is 2.23. The molecule has 2 saturated carbocycles. The molecule has 0 spiro atoms. The molecule has 1 unspecified atom stereocenters. The Morgan fingerprint density at radius 2 is 1.62 bits per heavy atom. The summed E-state index contributed by atoms with van der Waals surface area (Å²) in [6.45, 7) is 7.29. The predicted octanol–water partition coefficient (Wildman–Crippen LogP) is 7.79. The SMILES string of the molecule is Cc1ccccc1-c1cc(-c2ccc(C3(C)CC[C@]4(C)CCCC[C@H]4C3)cc2)cc[n+]1C. The highest BCUT2D eigenvalue weighted by Crippen LogP contribution is 2.56. The van der Waals surface area contributed by atoms with Gasteiger partial charge in [0, 0.05) is 17.7 Å². The van der Waals surface area contributed by atoms with E-state index in [2.05, 4.69) is 99.2 Å². The summed E-state index contributed by atoms with van der Waals surface area (Å²) in [7, 11) is 2.14. The molecule has 0 N–H and O–H groups in total. The van der Waals surface area contributed by atoms with Crippen molar-refractivity contribution in [1.29, 1.82) is 0 Å². The normalized spacial score (nSPS) is 27.7. The molecule has 3 aromatic rings. The Kier molecular flexibility index (Phi) is 5.48. The summed E-state index contributed by atoms with van der Waals surface area (Å²) in [5, 5.41) is 0. The van der Waals surface area contributed by atoms with Crippen molar-refractivity contribution in [2.45, 2.75) is 71.1 Å². The minimum Gasteiger partial charge on any atom is -0.201 e. The summed E-state index contributed by atoms with van der Waals surface area (Å²) >= 11 is 0. The fraction of sp³-hybridized carbons (Fsp3) is 0.452. The van der Waals surface area contributed by atoms with Crippen molar-refractivity contribution in [2.24, 2.45) is 18.4 Å². The fourth-order valence-corrected chi connectivity index (χ4v) is 6.56. The van der Waals surface area contributed by atoms with Gasteiger partial charge in [0.25, 0.3) is 0 Å². The maximum Gasteiger partial charge on any atom is 0.213 e. The molecular formula is C31H38N+. The van der Waals surface area contributed by atoms with Gasteiger partial charge in [0.05, 0.1) is 0 Å². The number of hydrogen-bond donors (Lipinski definition) is 0. The van der Waals surface area contributed by atoms with Crippen molar-refractivity contribution in [3.8, 4) is 22.4 Å². The number of pyridine rings is 1. The number of aromatic nitrogens is 1. The third kappa shape index (κ3) is 3.81. The molecule has 2 fully saturated rings. The number of hydrogen-bond acceptors (Lipinski definition) is 0. The molecule has 166 valence electrons. The van der Waals surface area contributed by atoms with E-state index in [4.69, 9.17) is 0 Å². The van der Waals surface area contributed by atoms with E-state index in [-0.39, 0.29) is 0 Å². The van der Waals surface area contributed by atoms with Crippen LogP contribution < -0.4 is 4.57 Å². The van der Waals surface area contributed by atoms with Gasteiger partial charge in [-0.3, -0.25) is 0 Å². The van der Waals surface area contributed by atoms with Gasteiger partial charge in [0.15, 0.2) is 6.20 Å². The van der Waals surface area contributed by atoms with Crippen LogP contribution in [0.3, 0.4) is 0 Å². The molecule has 0 amide bonds. The lowest BCUT2D eigenvalue weighted by molar-refractivity contribution is -0.660. The first-order valence-electron chi connectivity index (χ1n) is 12.5. The molecule has 0 aliphatic heterocycles. The average molecular weight is 425 g/mol. The molecule has 0 saturated heterocycles. The largest absolute Gasteiger partial charge is 0.213 e. The van der Waals surface area contributed by atoms with Crippen molar-refractivity contribution in [1.82, 2.24) is 0 Å². The minimum absolute atomic E-state index is 0.329. The topological polar surface area (TPSA) is 3.88 Å². The van der Waals surface area contributed by atoms with E-state index in [9.17, 15) is 0 Å². The van der Waals surface area contributed by atoms with Gasteiger partial charge in [-0.2, -0.15) is 0 Å². The molecule has 1 heterocycles. The lowest BCUT2D eigenvalue weighted by atomic mass is 9.53. The average Bonchev–Trinajstić information content (AvgIpc) is 2.80. The summed E-state index contributed by atoms with van der Waals surface area (Å²) in [6, 6.07) is 22.8. The second kappa shape index (κ2) is 8.18. The van der Waals surface area contributed by atoms with Crippen LogP contribution in [-0.4, -0.2) is 0 Å². The van der Waals surface area contributed by atoms with Crippen LogP contribution >= 0.6 is 0 Å². The van der Waals surface area contributed by atoms with Crippen molar-refractivity contribution < 1.29 is 4.57 Å². The quantitative estimate of drug-likeness (QED) is 0.378. The third-order valence-electron chi connectivity index (χ3n) is 8.97. The molecule has 1 nitrogen and oxygen atoms in total. The van der Waals surface area contributed by atoms with Gasteiger partial charge in [0.1, 0.15) is 7.05 Å². The predicted molar refractivity (Wildman–Crippen MR) is 134 cm³/mol. The van der Waals surface area contributed by atoms with Crippen molar-refractivity contribution in [2.75, 3.05) is 0 Å². The van der Waals surface area contributed by atoms with E-state index in [1.165, 1.54) is 78.5 Å². The Hall–Kier alpha value is -2.41. The van der Waals surface area contributed by atoms with E-state index in [1.54, 1.807) is 0 Å². The van der Waals surface area contributed by atoms with Crippen LogP contribution in [0.15, 0.2) is 66.9 Å². The Balaban J connectivity index is 1.42. The zero-order valence-corrected chi connectivity index (χ0v) is 20.3. The molecule has 0 bridgehead atoms. The molecule has 1 aromatic heterocycles. The standard InChI is InChI=1S/C31H38N/c1-23-9-5-6-11-28(23)29-21-25(16-20-32(29)4)24-12-14-26(15-13-24)31(3)19-18-30(2)17-8-7-10-27(30)22-31/h5-6,9,11-16,20-21,27H,7-8,10,17-19,22H2,1-4H3/q+1/t27-,30-,31?/m0/s1. The minimum atomic E-state index is 0.329. The Morgan fingerprint density at radius 1 is 0.844 bits per heavy atom. The monoisotopic (exact) mass is 424 g/mol. The van der Waals surface area contributed by atoms with Crippen molar-refractivity contribution in [3.63, 3.8) is 0 Å². The zero-order valence-electron chi connectivity index (χ0n) is 20.3. The number of benzene rings is 2. The molecule has 0 radical (unpaired) electrons. The summed E-state index contributed by atoms with van der Waals surface area (Å²) in [4.78, 5) is 0. The zero-order chi connectivity index (χ0) is 22.3. The van der Waals surface area contributed by atoms with E-state index in [0.29, 0.717) is 10.8 Å². The number of fused-ring (bicyclic) bond motifs is 1. The highest BCUT2D eigenvalue weighted by molar-refractivity contribution is 5.70. The highest BCUT2D eigenvalue weighted by atomic mass is 14.9. The van der Waals surface area contributed by atoms with Gasteiger partial charge >= 0.3 is 0 Å². The second-order valence-corrected chi connectivity index (χ2v) is 11.2. The van der Waals surface area contributed by atoms with Crippen LogP contribution in [0.5, 0.6) is 0 Å². The van der Waals surface area contributed by atoms with Crippen LogP contribution in [-0.2, 0) is 12.5 Å². The van der Waals surface area contributed by atoms with E-state index in [0.717, 1.165) is 5.92 Å². The third-order valence-corrected chi connectivity index (χ3v) is 8.97. The smallest absolute Gasteiger partial charge is 0.201 e. The van der Waals surface area contributed by atoms with Crippen LogP contribution in [0.1, 0.15) is 69.9 Å². The number of nitrogens with zero attached hydrogens (tertiary/aromatic N) is 1. The maximum atomic E-state index is 2.57. The molecule has 2 aromatic carbocycles. The van der Waals surface area contributed by atoms with E-state index >= 15 is 0 Å². The first-order chi connectivity index (χ1) is 15.4. The van der Waals surface area contributed by atoms with Gasteiger partial charge in [-0.05, 0) is 84.1 Å². The van der Waals surface area contributed by atoms with E-state index < -0.39 is 0 Å². The van der Waals surface area contributed by atoms with Gasteiger partial charge in [-0.25, -0.2) is 4.57 Å². The fourth-order valence-electron chi connectivity index (χ4n) is 6.56. The number of rotatable bonds is 3. The Morgan fingerprint density at radius 3 is 2.41 bits per heavy atom. The van der Waals surface area contributed by atoms with Crippen molar-refractivity contribution in [3.05, 3.63) is 78.0 Å². The molecule has 5 rings (SSSR count). The Labute approximate surface area is 194 Å². The lowest BCUT2D eigenvalue weighted by Gasteiger charge is -2.52. The molecule has 2 aliphatic carbocycles.